The van der Waals surface area contributed by atoms with Crippen molar-refractivity contribution < 1.29 is 28.8 Å². The van der Waals surface area contributed by atoms with Gasteiger partial charge in [-0.05, 0) is 99.6 Å². The number of aromatic amines is 1. The molecule has 2 N–H and O–H groups in total. The Morgan fingerprint density at radius 3 is 2.28 bits per heavy atom. The zero-order valence-corrected chi connectivity index (χ0v) is 43.9. The number of ether oxygens (including phenoxy) is 4. The fourth-order valence-electron chi connectivity index (χ4n) is 11.1. The highest BCUT2D eigenvalue weighted by Gasteiger charge is 2.49. The highest BCUT2D eigenvalue weighted by Crippen LogP contribution is 2.40. The molecule has 3 aromatic carbocycles. The number of aromatic nitrogens is 6. The van der Waals surface area contributed by atoms with Crippen molar-refractivity contribution in [3.05, 3.63) is 122 Å². The molecule has 384 valence electrons. The van der Waals surface area contributed by atoms with Gasteiger partial charge in [0.25, 0.3) is 6.01 Å². The first kappa shape index (κ1) is 49.1. The van der Waals surface area contributed by atoms with Gasteiger partial charge in [0.1, 0.15) is 47.5 Å². The number of H-pyrrole nitrogens is 1. The van der Waals surface area contributed by atoms with Crippen LogP contribution < -0.4 is 9.47 Å². The van der Waals surface area contributed by atoms with Crippen LogP contribution >= 0.6 is 34.5 Å². The Balaban J connectivity index is 0.586. The maximum absolute atomic E-state index is 14.1. The van der Waals surface area contributed by atoms with Crippen LogP contribution in [0, 0.1) is 26.7 Å². The van der Waals surface area contributed by atoms with Gasteiger partial charge in [-0.15, -0.1) is 21.5 Å². The van der Waals surface area contributed by atoms with Crippen molar-refractivity contribution >= 4 is 57.3 Å². The zero-order valence-electron chi connectivity index (χ0n) is 41.5. The number of thiophene rings is 1. The van der Waals surface area contributed by atoms with Crippen LogP contribution in [0.25, 0.3) is 38.5 Å². The summed E-state index contributed by atoms with van der Waals surface area (Å²) < 4.78 is 25.8. The average molecular weight is 1060 g/mol. The molecule has 0 bridgehead atoms. The molecule has 5 atom stereocenters. The third-order valence-corrected chi connectivity index (χ3v) is 17.1. The van der Waals surface area contributed by atoms with E-state index >= 15 is 0 Å². The molecule has 4 saturated heterocycles. The molecule has 0 spiro atoms. The maximum Gasteiger partial charge on any atom is 0.296 e. The highest BCUT2D eigenvalue weighted by molar-refractivity contribution is 7.15. The van der Waals surface area contributed by atoms with Gasteiger partial charge in [-0.25, -0.2) is 4.98 Å². The molecular formula is C55H58Cl2N10O6S. The van der Waals surface area contributed by atoms with E-state index in [1.165, 1.54) is 10.4 Å². The molecule has 9 heterocycles. The molecule has 74 heavy (non-hydrogen) atoms. The fraction of sp³-hybridized carbons (Fsp3) is 0.418. The van der Waals surface area contributed by atoms with Gasteiger partial charge in [0.15, 0.2) is 17.6 Å². The van der Waals surface area contributed by atoms with Crippen LogP contribution in [0.15, 0.2) is 83.9 Å². The van der Waals surface area contributed by atoms with E-state index in [-0.39, 0.29) is 31.1 Å². The van der Waals surface area contributed by atoms with E-state index in [9.17, 15) is 9.90 Å². The van der Waals surface area contributed by atoms with E-state index in [0.29, 0.717) is 71.0 Å². The van der Waals surface area contributed by atoms with Crippen molar-refractivity contribution in [2.45, 2.75) is 70.5 Å². The molecule has 0 aliphatic carbocycles. The monoisotopic (exact) mass is 1060 g/mol. The third kappa shape index (κ3) is 9.84. The average Bonchev–Trinajstić information content (AvgIpc) is 4.24. The SMILES string of the molecule is Cc1sc2c(c1C)C(c1ccc(Cl)cc1)=N[C@@H](CC(=O)N1CCN(CC3CCN(CCOc4ccc(-c5ccc(-c6nc7nc(O[C@@H]8CO[C@H]9[C@@H]8OC[C@H]9O)[nH]c7cc6Cl)cc5)cc4)CC3)CC1)c1nnc(C)n1-2. The number of pyridine rings is 1. The predicted molar refractivity (Wildman–Crippen MR) is 285 cm³/mol. The minimum Gasteiger partial charge on any atom is -0.492 e. The third-order valence-electron chi connectivity index (χ3n) is 15.3. The summed E-state index contributed by atoms with van der Waals surface area (Å²) in [6.45, 7) is 14.6. The lowest BCUT2D eigenvalue weighted by molar-refractivity contribution is -0.133. The Morgan fingerprint density at radius 2 is 1.53 bits per heavy atom. The first-order chi connectivity index (χ1) is 36.0. The smallest absolute Gasteiger partial charge is 0.296 e. The molecule has 16 nitrogen and oxygen atoms in total. The number of piperazine rings is 1. The quantitative estimate of drug-likeness (QED) is 0.114. The number of benzene rings is 3. The zero-order chi connectivity index (χ0) is 50.6. The second-order valence-corrected chi connectivity index (χ2v) is 22.1. The minimum atomic E-state index is -0.654. The number of hydrogen-bond donors (Lipinski definition) is 2. The number of carbonyl (C=O) groups excluding carboxylic acids is 1. The number of aryl methyl sites for hydroxylation is 2. The Hall–Kier alpha value is -5.76. The van der Waals surface area contributed by atoms with E-state index in [1.54, 1.807) is 17.4 Å². The van der Waals surface area contributed by atoms with Crippen molar-refractivity contribution in [1.82, 2.24) is 44.4 Å². The standard InChI is InChI=1S/C55H58Cl2N10O6S/c1-31-32(2)74-54-47(31)49(38-8-12-39(56)13-9-38)58-43(53-63-62-33(3)67(53)54)27-46(69)66-22-20-65(21-23-66)28-34-16-18-64(19-17-34)24-25-70-40-14-10-36(11-15-40)35-4-6-37(7-5-35)48-41(57)26-42-52(60-48)61-55(59-42)73-45-30-72-50-44(68)29-71-51(45)50/h4-15,26,34,43-45,50-51,68H,16-25,27-30H2,1-3H3,(H,59,60,61)/t43-,44+,45+,50+,51+/m0/s1. The summed E-state index contributed by atoms with van der Waals surface area (Å²) in [7, 11) is 0. The minimum absolute atomic E-state index is 0.0986. The number of aliphatic hydroxyl groups excluding tert-OH is 1. The van der Waals surface area contributed by atoms with Gasteiger partial charge < -0.3 is 33.9 Å². The molecular weight excluding hydrogens is 1000 g/mol. The summed E-state index contributed by atoms with van der Waals surface area (Å²) in [6.07, 6.45) is 0.767. The number of piperidine rings is 1. The first-order valence-corrected chi connectivity index (χ1v) is 27.1. The van der Waals surface area contributed by atoms with Crippen LogP contribution in [0.4, 0.5) is 0 Å². The lowest BCUT2D eigenvalue weighted by atomic mass is 9.96. The lowest BCUT2D eigenvalue weighted by Crippen LogP contribution is -2.50. The summed E-state index contributed by atoms with van der Waals surface area (Å²) in [6, 6.07) is 25.8. The van der Waals surface area contributed by atoms with Gasteiger partial charge >= 0.3 is 0 Å². The molecule has 12 rings (SSSR count). The van der Waals surface area contributed by atoms with E-state index in [0.717, 1.165) is 102 Å². The molecule has 5 aliphatic rings. The molecule has 5 aliphatic heterocycles. The maximum atomic E-state index is 14.1. The fourth-order valence-corrected chi connectivity index (χ4v) is 12.7. The van der Waals surface area contributed by atoms with Gasteiger partial charge in [0, 0.05) is 65.9 Å². The molecule has 0 unspecified atom stereocenters. The number of fused-ring (bicyclic) bond motifs is 5. The van der Waals surface area contributed by atoms with Crippen LogP contribution in [0.1, 0.15) is 58.5 Å². The Kier molecular flexibility index (Phi) is 13.8. The molecule has 0 saturated carbocycles. The topological polar surface area (TPSA) is 169 Å². The predicted octanol–water partition coefficient (Wildman–Crippen LogP) is 8.29. The molecule has 4 aromatic heterocycles. The summed E-state index contributed by atoms with van der Waals surface area (Å²) in [5.74, 6) is 3.08. The van der Waals surface area contributed by atoms with Crippen molar-refractivity contribution in [3.8, 4) is 39.1 Å². The van der Waals surface area contributed by atoms with Crippen LogP contribution in [0.5, 0.6) is 11.8 Å². The highest BCUT2D eigenvalue weighted by atomic mass is 35.5. The van der Waals surface area contributed by atoms with Crippen LogP contribution in [-0.4, -0.2) is 158 Å². The van der Waals surface area contributed by atoms with Crippen molar-refractivity contribution in [1.29, 1.82) is 0 Å². The number of aliphatic hydroxyl groups is 1. The number of hydrogen-bond acceptors (Lipinski definition) is 14. The van der Waals surface area contributed by atoms with Gasteiger partial charge in [-0.2, -0.15) is 4.98 Å². The van der Waals surface area contributed by atoms with Crippen molar-refractivity contribution in [2.24, 2.45) is 10.9 Å². The van der Waals surface area contributed by atoms with Crippen LogP contribution in [-0.2, 0) is 14.3 Å². The normalized spacial score (nSPS) is 22.4. The summed E-state index contributed by atoms with van der Waals surface area (Å²) in [5.41, 5.74) is 8.86. The Bertz CT molecular complexity index is 3200. The van der Waals surface area contributed by atoms with Crippen LogP contribution in [0.3, 0.4) is 0 Å². The number of amides is 1. The van der Waals surface area contributed by atoms with E-state index in [4.69, 9.17) is 52.1 Å². The number of carbonyl (C=O) groups is 1. The largest absolute Gasteiger partial charge is 0.492 e. The summed E-state index contributed by atoms with van der Waals surface area (Å²) in [4.78, 5) is 40.2. The Labute approximate surface area is 443 Å². The number of rotatable bonds is 13. The number of nitrogens with one attached hydrogen (secondary N) is 1. The van der Waals surface area contributed by atoms with Gasteiger partial charge in [0.2, 0.25) is 5.91 Å². The number of nitrogens with zero attached hydrogens (tertiary/aromatic N) is 9. The van der Waals surface area contributed by atoms with Crippen molar-refractivity contribution in [3.63, 3.8) is 0 Å². The van der Waals surface area contributed by atoms with E-state index < -0.39 is 18.2 Å². The van der Waals surface area contributed by atoms with Gasteiger partial charge in [-0.1, -0.05) is 71.7 Å². The number of likely N-dealkylation sites (tertiary alicyclic amines) is 1. The second-order valence-electron chi connectivity index (χ2n) is 20.1. The van der Waals surface area contributed by atoms with Gasteiger partial charge in [-0.3, -0.25) is 24.2 Å². The van der Waals surface area contributed by atoms with Crippen LogP contribution in [0.2, 0.25) is 10.0 Å². The molecule has 1 amide bonds. The lowest BCUT2D eigenvalue weighted by Gasteiger charge is -2.39. The van der Waals surface area contributed by atoms with E-state index in [1.807, 2.05) is 60.4 Å². The molecule has 0 radical (unpaired) electrons. The Morgan fingerprint density at radius 1 is 0.824 bits per heavy atom. The molecule has 4 fully saturated rings. The van der Waals surface area contributed by atoms with Crippen molar-refractivity contribution in [2.75, 3.05) is 72.2 Å². The van der Waals surface area contributed by atoms with Gasteiger partial charge in [0.05, 0.1) is 41.6 Å². The molecule has 19 heteroatoms. The second kappa shape index (κ2) is 20.8. The molecule has 7 aromatic rings. The number of imidazole rings is 1. The number of aliphatic imine (C=N–C) groups is 1. The first-order valence-electron chi connectivity index (χ1n) is 25.6. The van der Waals surface area contributed by atoms with E-state index in [2.05, 4.69) is 72.6 Å². The summed E-state index contributed by atoms with van der Waals surface area (Å²) in [5, 5.41) is 21.4. The summed E-state index contributed by atoms with van der Waals surface area (Å²) >= 11 is 14.8. The number of halogens is 2.